The van der Waals surface area contributed by atoms with Crippen LogP contribution in [0.1, 0.15) is 33.1 Å². The molecular formula is C12H25N3O. The van der Waals surface area contributed by atoms with E-state index in [2.05, 4.69) is 22.5 Å². The van der Waals surface area contributed by atoms with Crippen molar-refractivity contribution in [1.82, 2.24) is 15.5 Å². The zero-order chi connectivity index (χ0) is 11.8. The summed E-state index contributed by atoms with van der Waals surface area (Å²) in [6.07, 6.45) is 3.33. The minimum absolute atomic E-state index is 0.0109. The number of amides is 1. The van der Waals surface area contributed by atoms with E-state index in [0.717, 1.165) is 52.0 Å². The summed E-state index contributed by atoms with van der Waals surface area (Å²) in [4.78, 5) is 14.1. The number of rotatable bonds is 5. The van der Waals surface area contributed by atoms with Crippen molar-refractivity contribution < 1.29 is 4.79 Å². The molecule has 1 unspecified atom stereocenters. The van der Waals surface area contributed by atoms with E-state index in [0.29, 0.717) is 0 Å². The second kappa shape index (κ2) is 7.63. The molecule has 4 nitrogen and oxygen atoms in total. The molecule has 1 fully saturated rings. The van der Waals surface area contributed by atoms with E-state index >= 15 is 0 Å². The van der Waals surface area contributed by atoms with E-state index in [9.17, 15) is 4.79 Å². The first-order valence-corrected chi connectivity index (χ1v) is 6.48. The van der Waals surface area contributed by atoms with Gasteiger partial charge >= 0.3 is 0 Å². The lowest BCUT2D eigenvalue weighted by Gasteiger charge is -2.26. The fraction of sp³-hybridized carbons (Fsp3) is 0.917. The van der Waals surface area contributed by atoms with Gasteiger partial charge in [-0.25, -0.2) is 0 Å². The van der Waals surface area contributed by atoms with E-state index in [1.165, 1.54) is 0 Å². The minimum Gasteiger partial charge on any atom is -0.355 e. The Hall–Kier alpha value is -0.610. The molecule has 0 spiro atoms. The first kappa shape index (κ1) is 13.5. The summed E-state index contributed by atoms with van der Waals surface area (Å²) in [5, 5.41) is 6.35. The predicted molar refractivity (Wildman–Crippen MR) is 66.4 cm³/mol. The van der Waals surface area contributed by atoms with Crippen LogP contribution in [0.5, 0.6) is 0 Å². The Bertz CT molecular complexity index is 200. The molecule has 0 bridgehead atoms. The Morgan fingerprint density at radius 3 is 3.00 bits per heavy atom. The highest BCUT2D eigenvalue weighted by atomic mass is 16.2. The van der Waals surface area contributed by atoms with Crippen molar-refractivity contribution >= 4 is 5.91 Å². The second-order valence-electron chi connectivity index (χ2n) is 4.46. The summed E-state index contributed by atoms with van der Waals surface area (Å²) >= 11 is 0. The maximum Gasteiger partial charge on any atom is 0.237 e. The Balaban J connectivity index is 2.30. The van der Waals surface area contributed by atoms with Crippen molar-refractivity contribution in [2.75, 3.05) is 32.7 Å². The van der Waals surface area contributed by atoms with Crippen LogP contribution in [0.4, 0.5) is 0 Å². The van der Waals surface area contributed by atoms with E-state index in [1.54, 1.807) is 0 Å². The number of unbranched alkanes of at least 4 members (excludes halogenated alkanes) is 1. The van der Waals surface area contributed by atoms with Crippen LogP contribution in [-0.4, -0.2) is 49.6 Å². The van der Waals surface area contributed by atoms with Gasteiger partial charge < -0.3 is 10.6 Å². The molecule has 0 aromatic rings. The third-order valence-electron chi connectivity index (χ3n) is 3.13. The van der Waals surface area contributed by atoms with Crippen LogP contribution in [0.15, 0.2) is 0 Å². The monoisotopic (exact) mass is 227 g/mol. The molecule has 0 saturated carbocycles. The standard InChI is InChI=1S/C12H25N3O/c1-3-4-7-14-12(16)11(2)15-9-5-6-13-8-10-15/h11,13H,3-10H2,1-2H3,(H,14,16). The first-order chi connectivity index (χ1) is 7.75. The highest BCUT2D eigenvalue weighted by Gasteiger charge is 2.21. The van der Waals surface area contributed by atoms with E-state index in [-0.39, 0.29) is 11.9 Å². The van der Waals surface area contributed by atoms with Gasteiger partial charge in [-0.3, -0.25) is 9.69 Å². The van der Waals surface area contributed by atoms with Crippen LogP contribution in [0, 0.1) is 0 Å². The van der Waals surface area contributed by atoms with E-state index < -0.39 is 0 Å². The molecule has 94 valence electrons. The molecule has 1 atom stereocenters. The Labute approximate surface area is 98.8 Å². The molecule has 1 amide bonds. The van der Waals surface area contributed by atoms with Gasteiger partial charge in [0.15, 0.2) is 0 Å². The summed E-state index contributed by atoms with van der Waals surface area (Å²) in [5.74, 6) is 0.176. The predicted octanol–water partition coefficient (Wildman–Crippen LogP) is 0.587. The maximum atomic E-state index is 11.9. The van der Waals surface area contributed by atoms with E-state index in [4.69, 9.17) is 0 Å². The number of carbonyl (C=O) groups is 1. The third kappa shape index (κ3) is 4.49. The highest BCUT2D eigenvalue weighted by Crippen LogP contribution is 2.02. The topological polar surface area (TPSA) is 44.4 Å². The molecule has 0 radical (unpaired) electrons. The van der Waals surface area contributed by atoms with Gasteiger partial charge in [0.05, 0.1) is 6.04 Å². The summed E-state index contributed by atoms with van der Waals surface area (Å²) < 4.78 is 0. The zero-order valence-corrected chi connectivity index (χ0v) is 10.6. The fourth-order valence-electron chi connectivity index (χ4n) is 1.96. The van der Waals surface area contributed by atoms with Crippen LogP contribution in [0.3, 0.4) is 0 Å². The molecule has 1 heterocycles. The molecule has 0 aromatic carbocycles. The fourth-order valence-corrected chi connectivity index (χ4v) is 1.96. The second-order valence-corrected chi connectivity index (χ2v) is 4.46. The van der Waals surface area contributed by atoms with Gasteiger partial charge in [-0.05, 0) is 26.3 Å². The summed E-state index contributed by atoms with van der Waals surface area (Å²) in [6, 6.07) is 0.0109. The highest BCUT2D eigenvalue weighted by molar-refractivity contribution is 5.81. The average molecular weight is 227 g/mol. The number of hydrogen-bond donors (Lipinski definition) is 2. The van der Waals surface area contributed by atoms with Gasteiger partial charge in [0.2, 0.25) is 5.91 Å². The zero-order valence-electron chi connectivity index (χ0n) is 10.6. The lowest BCUT2D eigenvalue weighted by molar-refractivity contribution is -0.125. The smallest absolute Gasteiger partial charge is 0.237 e. The lowest BCUT2D eigenvalue weighted by atomic mass is 10.2. The minimum atomic E-state index is 0.0109. The molecule has 0 aliphatic carbocycles. The first-order valence-electron chi connectivity index (χ1n) is 6.48. The average Bonchev–Trinajstić information content (AvgIpc) is 2.56. The normalized spacial score (nSPS) is 20.1. The van der Waals surface area contributed by atoms with Crippen molar-refractivity contribution in [2.45, 2.75) is 39.2 Å². The Kier molecular flexibility index (Phi) is 6.42. The van der Waals surface area contributed by atoms with Gasteiger partial charge in [0.25, 0.3) is 0 Å². The van der Waals surface area contributed by atoms with Crippen molar-refractivity contribution in [3.8, 4) is 0 Å². The number of carbonyl (C=O) groups excluding carboxylic acids is 1. The Morgan fingerprint density at radius 1 is 1.44 bits per heavy atom. The molecule has 2 N–H and O–H groups in total. The molecule has 1 aliphatic heterocycles. The van der Waals surface area contributed by atoms with Crippen molar-refractivity contribution in [2.24, 2.45) is 0 Å². The van der Waals surface area contributed by atoms with Gasteiger partial charge in [0.1, 0.15) is 0 Å². The quantitative estimate of drug-likeness (QED) is 0.676. The van der Waals surface area contributed by atoms with Gasteiger partial charge in [0, 0.05) is 26.2 Å². The van der Waals surface area contributed by atoms with Gasteiger partial charge in [-0.15, -0.1) is 0 Å². The number of hydrogen-bond acceptors (Lipinski definition) is 3. The maximum absolute atomic E-state index is 11.9. The molecule has 0 aromatic heterocycles. The van der Waals surface area contributed by atoms with E-state index in [1.807, 2.05) is 6.92 Å². The number of nitrogens with zero attached hydrogens (tertiary/aromatic N) is 1. The van der Waals surface area contributed by atoms with Crippen LogP contribution in [-0.2, 0) is 4.79 Å². The summed E-state index contributed by atoms with van der Waals surface area (Å²) in [5.41, 5.74) is 0. The largest absolute Gasteiger partial charge is 0.355 e. The molecular weight excluding hydrogens is 202 g/mol. The van der Waals surface area contributed by atoms with Crippen molar-refractivity contribution in [3.05, 3.63) is 0 Å². The van der Waals surface area contributed by atoms with Gasteiger partial charge in [-0.2, -0.15) is 0 Å². The summed E-state index contributed by atoms with van der Waals surface area (Å²) in [6.45, 7) is 9.01. The molecule has 16 heavy (non-hydrogen) atoms. The summed E-state index contributed by atoms with van der Waals surface area (Å²) in [7, 11) is 0. The lowest BCUT2D eigenvalue weighted by Crippen LogP contribution is -2.46. The Morgan fingerprint density at radius 2 is 2.25 bits per heavy atom. The SMILES string of the molecule is CCCCNC(=O)C(C)N1CCCNCC1. The number of nitrogens with one attached hydrogen (secondary N) is 2. The van der Waals surface area contributed by atoms with Crippen molar-refractivity contribution in [3.63, 3.8) is 0 Å². The van der Waals surface area contributed by atoms with Crippen LogP contribution >= 0.6 is 0 Å². The molecule has 4 heteroatoms. The molecule has 1 aliphatic rings. The third-order valence-corrected chi connectivity index (χ3v) is 3.13. The van der Waals surface area contributed by atoms with Gasteiger partial charge in [-0.1, -0.05) is 13.3 Å². The molecule has 1 saturated heterocycles. The van der Waals surface area contributed by atoms with Crippen LogP contribution in [0.2, 0.25) is 0 Å². The van der Waals surface area contributed by atoms with Crippen molar-refractivity contribution in [1.29, 1.82) is 0 Å². The van der Waals surface area contributed by atoms with Crippen LogP contribution in [0.25, 0.3) is 0 Å². The molecule has 1 rings (SSSR count). The van der Waals surface area contributed by atoms with Crippen LogP contribution < -0.4 is 10.6 Å².